The molecule has 1 aliphatic heterocycles. The summed E-state index contributed by atoms with van der Waals surface area (Å²) in [6.45, 7) is 5.25. The number of nitrogens with zero attached hydrogens (tertiary/aromatic N) is 2. The lowest BCUT2D eigenvalue weighted by Gasteiger charge is -2.31. The van der Waals surface area contributed by atoms with Crippen LogP contribution in [0.3, 0.4) is 0 Å². The maximum absolute atomic E-state index is 13.6. The summed E-state index contributed by atoms with van der Waals surface area (Å²) in [6, 6.07) is 18.5. The number of benzene rings is 3. The molecule has 0 fully saturated rings. The lowest BCUT2D eigenvalue weighted by Crippen LogP contribution is -2.49. The van der Waals surface area contributed by atoms with Crippen LogP contribution >= 0.6 is 11.6 Å². The molecule has 194 valence electrons. The van der Waals surface area contributed by atoms with Crippen molar-refractivity contribution in [3.05, 3.63) is 76.8 Å². The van der Waals surface area contributed by atoms with E-state index in [2.05, 4.69) is 12.2 Å². The van der Waals surface area contributed by atoms with Crippen LogP contribution in [-0.4, -0.2) is 41.8 Å². The highest BCUT2D eigenvalue weighted by Crippen LogP contribution is 2.37. The van der Waals surface area contributed by atoms with Crippen LogP contribution in [0.15, 0.2) is 60.7 Å². The van der Waals surface area contributed by atoms with Gasteiger partial charge in [-0.1, -0.05) is 74.3 Å². The van der Waals surface area contributed by atoms with Crippen LogP contribution in [0.25, 0.3) is 10.8 Å². The van der Waals surface area contributed by atoms with Crippen LogP contribution in [0.4, 0.5) is 5.69 Å². The smallest absolute Gasteiger partial charge is 0.258 e. The molecule has 0 saturated carbocycles. The predicted octanol–water partition coefficient (Wildman–Crippen LogP) is 5.96. The van der Waals surface area contributed by atoms with Crippen molar-refractivity contribution >= 4 is 45.8 Å². The summed E-state index contributed by atoms with van der Waals surface area (Å²) in [5, 5.41) is 5.55. The third-order valence-electron chi connectivity index (χ3n) is 6.94. The fraction of sp³-hybridized carbons (Fsp3) is 0.367. The standard InChI is InChI=1S/C30H34ClN3O3/c1-3-5-18-32-29(36)25(4-2)34(20-22-11-6-7-15-24(22)31)27(35)17-10-19-33-26-16-9-13-21-12-8-14-23(28(21)26)30(33)37/h6-9,11-16,25H,3-5,10,17-20H2,1-2H3,(H,32,36)/t25-/m1/s1. The second-order valence-corrected chi connectivity index (χ2v) is 9.83. The Bertz CT molecular complexity index is 1290. The highest BCUT2D eigenvalue weighted by atomic mass is 35.5. The van der Waals surface area contributed by atoms with Crippen molar-refractivity contribution in [2.75, 3.05) is 18.0 Å². The van der Waals surface area contributed by atoms with Gasteiger partial charge in [-0.15, -0.1) is 0 Å². The molecule has 0 aliphatic carbocycles. The fourth-order valence-corrected chi connectivity index (χ4v) is 5.16. The van der Waals surface area contributed by atoms with E-state index in [1.54, 1.807) is 15.9 Å². The second kappa shape index (κ2) is 12.2. The van der Waals surface area contributed by atoms with Gasteiger partial charge in [-0.05, 0) is 48.4 Å². The zero-order chi connectivity index (χ0) is 26.4. The Kier molecular flexibility index (Phi) is 8.82. The Labute approximate surface area is 223 Å². The number of hydrogen-bond acceptors (Lipinski definition) is 3. The monoisotopic (exact) mass is 519 g/mol. The van der Waals surface area contributed by atoms with Gasteiger partial charge in [0.2, 0.25) is 11.8 Å². The maximum Gasteiger partial charge on any atom is 0.258 e. The van der Waals surface area contributed by atoms with E-state index in [-0.39, 0.29) is 30.7 Å². The highest BCUT2D eigenvalue weighted by Gasteiger charge is 2.31. The lowest BCUT2D eigenvalue weighted by atomic mass is 10.1. The van der Waals surface area contributed by atoms with Gasteiger partial charge >= 0.3 is 0 Å². The average molecular weight is 520 g/mol. The number of anilines is 1. The molecule has 1 N–H and O–H groups in total. The number of carbonyl (C=O) groups is 3. The molecule has 3 aromatic rings. The quantitative estimate of drug-likeness (QED) is 0.300. The molecule has 4 rings (SSSR count). The van der Waals surface area contributed by atoms with Crippen molar-refractivity contribution in [2.24, 2.45) is 0 Å². The summed E-state index contributed by atoms with van der Waals surface area (Å²) >= 11 is 6.41. The largest absolute Gasteiger partial charge is 0.354 e. The van der Waals surface area contributed by atoms with Gasteiger partial charge in [0.1, 0.15) is 6.04 Å². The molecule has 3 amide bonds. The molecule has 1 atom stereocenters. The van der Waals surface area contributed by atoms with E-state index in [1.165, 1.54) is 0 Å². The molecule has 6 nitrogen and oxygen atoms in total. The van der Waals surface area contributed by atoms with Crippen molar-refractivity contribution in [3.63, 3.8) is 0 Å². The van der Waals surface area contributed by atoms with Gasteiger partial charge in [0.05, 0.1) is 5.69 Å². The fourth-order valence-electron chi connectivity index (χ4n) is 4.97. The SMILES string of the molecule is CCCCNC(=O)[C@@H](CC)N(Cc1ccccc1Cl)C(=O)CCCN1C(=O)c2cccc3cccc1c23. The minimum Gasteiger partial charge on any atom is -0.354 e. The number of amides is 3. The zero-order valence-corrected chi connectivity index (χ0v) is 22.3. The molecule has 37 heavy (non-hydrogen) atoms. The second-order valence-electron chi connectivity index (χ2n) is 9.42. The molecule has 1 heterocycles. The number of halogens is 1. The molecule has 0 radical (unpaired) electrons. The first-order chi connectivity index (χ1) is 18.0. The summed E-state index contributed by atoms with van der Waals surface area (Å²) < 4.78 is 0. The Balaban J connectivity index is 1.48. The Hall–Kier alpha value is -3.38. The molecule has 3 aromatic carbocycles. The Morgan fingerprint density at radius 2 is 1.76 bits per heavy atom. The summed E-state index contributed by atoms with van der Waals surface area (Å²) in [6.07, 6.45) is 3.07. The van der Waals surface area contributed by atoms with Gasteiger partial charge in [0.25, 0.3) is 5.91 Å². The molecular formula is C30H34ClN3O3. The normalized spacial score (nSPS) is 13.2. The van der Waals surface area contributed by atoms with Crippen LogP contribution in [0.5, 0.6) is 0 Å². The van der Waals surface area contributed by atoms with Gasteiger partial charge in [-0.25, -0.2) is 0 Å². The van der Waals surface area contributed by atoms with Crippen molar-refractivity contribution in [3.8, 4) is 0 Å². The van der Waals surface area contributed by atoms with E-state index in [9.17, 15) is 14.4 Å². The first kappa shape index (κ1) is 26.7. The van der Waals surface area contributed by atoms with Crippen LogP contribution in [0.1, 0.15) is 61.9 Å². The highest BCUT2D eigenvalue weighted by molar-refractivity contribution is 6.31. The Morgan fingerprint density at radius 1 is 1.00 bits per heavy atom. The predicted molar refractivity (Wildman–Crippen MR) is 149 cm³/mol. The number of unbranched alkanes of at least 4 members (excludes halogenated alkanes) is 1. The number of carbonyl (C=O) groups excluding carboxylic acids is 3. The van der Waals surface area contributed by atoms with Gasteiger partial charge in [0, 0.05) is 42.0 Å². The van der Waals surface area contributed by atoms with Gasteiger partial charge in [-0.3, -0.25) is 14.4 Å². The number of nitrogens with one attached hydrogen (secondary N) is 1. The van der Waals surface area contributed by atoms with Gasteiger partial charge < -0.3 is 15.1 Å². The van der Waals surface area contributed by atoms with Crippen molar-refractivity contribution in [1.82, 2.24) is 10.2 Å². The van der Waals surface area contributed by atoms with Crippen LogP contribution in [0, 0.1) is 0 Å². The first-order valence-corrected chi connectivity index (χ1v) is 13.5. The number of rotatable bonds is 12. The van der Waals surface area contributed by atoms with E-state index < -0.39 is 6.04 Å². The van der Waals surface area contributed by atoms with Crippen LogP contribution in [-0.2, 0) is 16.1 Å². The third-order valence-corrected chi connectivity index (χ3v) is 7.30. The molecule has 0 aromatic heterocycles. The van der Waals surface area contributed by atoms with Crippen LogP contribution in [0.2, 0.25) is 5.02 Å². The van der Waals surface area contributed by atoms with E-state index in [1.807, 2.05) is 61.5 Å². The van der Waals surface area contributed by atoms with E-state index >= 15 is 0 Å². The topological polar surface area (TPSA) is 69.7 Å². The van der Waals surface area contributed by atoms with Gasteiger partial charge in [-0.2, -0.15) is 0 Å². The molecular weight excluding hydrogens is 486 g/mol. The van der Waals surface area contributed by atoms with E-state index in [0.29, 0.717) is 36.5 Å². The molecule has 0 saturated heterocycles. The van der Waals surface area contributed by atoms with Crippen molar-refractivity contribution < 1.29 is 14.4 Å². The Morgan fingerprint density at radius 3 is 2.49 bits per heavy atom. The summed E-state index contributed by atoms with van der Waals surface area (Å²) in [4.78, 5) is 43.1. The lowest BCUT2D eigenvalue weighted by molar-refractivity contribution is -0.141. The molecule has 7 heteroatoms. The first-order valence-electron chi connectivity index (χ1n) is 13.1. The molecule has 0 bridgehead atoms. The minimum absolute atomic E-state index is 0.0334. The van der Waals surface area contributed by atoms with Gasteiger partial charge in [0.15, 0.2) is 0 Å². The summed E-state index contributed by atoms with van der Waals surface area (Å²) in [5.41, 5.74) is 2.39. The van der Waals surface area contributed by atoms with E-state index in [4.69, 9.17) is 11.6 Å². The minimum atomic E-state index is -0.591. The molecule has 0 spiro atoms. The number of hydrogen-bond donors (Lipinski definition) is 1. The van der Waals surface area contributed by atoms with Crippen LogP contribution < -0.4 is 10.2 Å². The third kappa shape index (κ3) is 5.80. The van der Waals surface area contributed by atoms with Crippen molar-refractivity contribution in [2.45, 2.75) is 58.5 Å². The zero-order valence-electron chi connectivity index (χ0n) is 21.5. The molecule has 1 aliphatic rings. The van der Waals surface area contributed by atoms with E-state index in [0.717, 1.165) is 34.9 Å². The molecule has 0 unspecified atom stereocenters. The summed E-state index contributed by atoms with van der Waals surface area (Å²) in [5.74, 6) is -0.304. The maximum atomic E-state index is 13.6. The average Bonchev–Trinajstić information content (AvgIpc) is 3.18. The van der Waals surface area contributed by atoms with Crippen molar-refractivity contribution in [1.29, 1.82) is 0 Å². The summed E-state index contributed by atoms with van der Waals surface area (Å²) in [7, 11) is 0.